The van der Waals surface area contributed by atoms with Crippen molar-refractivity contribution in [3.8, 4) is 11.8 Å². The zero-order chi connectivity index (χ0) is 26.2. The summed E-state index contributed by atoms with van der Waals surface area (Å²) in [6, 6.07) is 37.8. The Hall–Kier alpha value is -4.68. The maximum absolute atomic E-state index is 3.63. The molecule has 0 saturated carbocycles. The normalized spacial score (nSPS) is 14.5. The fraction of sp³-hybridized carbons (Fsp3) is 0.143. The zero-order valence-corrected chi connectivity index (χ0v) is 22.0. The standard InChI is InChI=1S/C35H33N3/c1-3-37(4-2)32-24-19-30(20-25-32)21-26-34-27-35(36-38(34)33-13-9-6-10-14-33)31-22-17-29(18-23-31)16-15-28-11-7-5-8-12-28/h5-14,17-27,34,36H,3-4H2,1-2H3. The van der Waals surface area contributed by atoms with Crippen molar-refractivity contribution in [3.05, 3.63) is 144 Å². The Morgan fingerprint density at radius 1 is 0.737 bits per heavy atom. The van der Waals surface area contributed by atoms with Gasteiger partial charge in [0, 0.05) is 29.9 Å². The number of para-hydroxylation sites is 1. The van der Waals surface area contributed by atoms with Crippen LogP contribution < -0.4 is 15.3 Å². The van der Waals surface area contributed by atoms with Crippen LogP contribution in [-0.4, -0.2) is 19.1 Å². The number of nitrogens with zero attached hydrogens (tertiary/aromatic N) is 2. The van der Waals surface area contributed by atoms with Crippen LogP contribution in [0, 0.1) is 11.8 Å². The lowest BCUT2D eigenvalue weighted by Crippen LogP contribution is -2.37. The highest BCUT2D eigenvalue weighted by Crippen LogP contribution is 2.27. The first-order valence-electron chi connectivity index (χ1n) is 13.3. The Morgan fingerprint density at radius 3 is 1.97 bits per heavy atom. The number of nitrogens with one attached hydrogen (secondary N) is 1. The van der Waals surface area contributed by atoms with Crippen LogP contribution in [0.5, 0.6) is 0 Å². The molecule has 1 atom stereocenters. The van der Waals surface area contributed by atoms with E-state index >= 15 is 0 Å². The van der Waals surface area contributed by atoms with Gasteiger partial charge in [-0.3, -0.25) is 10.4 Å². The molecule has 1 heterocycles. The lowest BCUT2D eigenvalue weighted by atomic mass is 10.1. The van der Waals surface area contributed by atoms with Crippen molar-refractivity contribution < 1.29 is 0 Å². The summed E-state index contributed by atoms with van der Waals surface area (Å²) in [4.78, 5) is 2.36. The summed E-state index contributed by atoms with van der Waals surface area (Å²) in [5, 5.41) is 2.21. The lowest BCUT2D eigenvalue weighted by Gasteiger charge is -2.25. The maximum atomic E-state index is 3.63. The fourth-order valence-corrected chi connectivity index (χ4v) is 4.61. The molecule has 188 valence electrons. The second kappa shape index (κ2) is 12.0. The van der Waals surface area contributed by atoms with Gasteiger partial charge >= 0.3 is 0 Å². The van der Waals surface area contributed by atoms with Gasteiger partial charge < -0.3 is 4.90 Å². The monoisotopic (exact) mass is 495 g/mol. The van der Waals surface area contributed by atoms with E-state index in [0.29, 0.717) is 0 Å². The molecule has 0 bridgehead atoms. The number of rotatable bonds is 7. The van der Waals surface area contributed by atoms with Crippen LogP contribution in [0.25, 0.3) is 11.8 Å². The van der Waals surface area contributed by atoms with E-state index < -0.39 is 0 Å². The molecule has 3 heteroatoms. The SMILES string of the molecule is CCN(CC)c1ccc(C=CC2C=C(c3ccc(C#Cc4ccccc4)cc3)NN2c2ccccc2)cc1. The van der Waals surface area contributed by atoms with E-state index in [9.17, 15) is 0 Å². The summed E-state index contributed by atoms with van der Waals surface area (Å²) < 4.78 is 0. The van der Waals surface area contributed by atoms with Crippen molar-refractivity contribution in [1.29, 1.82) is 0 Å². The van der Waals surface area contributed by atoms with Crippen molar-refractivity contribution in [1.82, 2.24) is 5.43 Å². The van der Waals surface area contributed by atoms with Gasteiger partial charge in [0.15, 0.2) is 0 Å². The summed E-state index contributed by atoms with van der Waals surface area (Å²) in [7, 11) is 0. The topological polar surface area (TPSA) is 18.5 Å². The van der Waals surface area contributed by atoms with Gasteiger partial charge in [-0.15, -0.1) is 0 Å². The van der Waals surface area contributed by atoms with E-state index in [1.54, 1.807) is 0 Å². The molecule has 0 fully saturated rings. The van der Waals surface area contributed by atoms with Crippen molar-refractivity contribution >= 4 is 23.1 Å². The fourth-order valence-electron chi connectivity index (χ4n) is 4.61. The van der Waals surface area contributed by atoms with E-state index in [1.807, 2.05) is 36.4 Å². The average molecular weight is 496 g/mol. The Bertz CT molecular complexity index is 1440. The third kappa shape index (κ3) is 5.99. The van der Waals surface area contributed by atoms with Crippen LogP contribution in [0.2, 0.25) is 0 Å². The van der Waals surface area contributed by atoms with Gasteiger partial charge in [0.25, 0.3) is 0 Å². The molecule has 3 nitrogen and oxygen atoms in total. The Labute approximate surface area is 226 Å². The molecule has 0 radical (unpaired) electrons. The molecule has 1 unspecified atom stereocenters. The van der Waals surface area contributed by atoms with Crippen molar-refractivity contribution in [2.75, 3.05) is 23.0 Å². The molecule has 4 aromatic rings. The van der Waals surface area contributed by atoms with Crippen LogP contribution in [0.3, 0.4) is 0 Å². The first-order chi connectivity index (χ1) is 18.7. The predicted molar refractivity (Wildman–Crippen MR) is 162 cm³/mol. The summed E-state index contributed by atoms with van der Waals surface area (Å²) in [5.41, 5.74) is 11.4. The first kappa shape index (κ1) is 25.0. The van der Waals surface area contributed by atoms with Gasteiger partial charge in [0.1, 0.15) is 0 Å². The molecule has 0 amide bonds. The number of anilines is 2. The van der Waals surface area contributed by atoms with Gasteiger partial charge in [0.05, 0.1) is 17.4 Å². The highest BCUT2D eigenvalue weighted by atomic mass is 15.5. The van der Waals surface area contributed by atoms with Gasteiger partial charge in [0.2, 0.25) is 0 Å². The first-order valence-corrected chi connectivity index (χ1v) is 13.3. The number of hydrogen-bond acceptors (Lipinski definition) is 3. The second-order valence-electron chi connectivity index (χ2n) is 9.20. The minimum atomic E-state index is 0.0763. The summed E-state index contributed by atoms with van der Waals surface area (Å²) in [5.74, 6) is 6.50. The van der Waals surface area contributed by atoms with E-state index in [0.717, 1.165) is 41.2 Å². The number of hydrazine groups is 1. The molecule has 1 aliphatic rings. The highest BCUT2D eigenvalue weighted by Gasteiger charge is 2.23. The van der Waals surface area contributed by atoms with Crippen molar-refractivity contribution in [2.24, 2.45) is 0 Å². The molecule has 0 aromatic heterocycles. The summed E-state index contributed by atoms with van der Waals surface area (Å²) in [6.07, 6.45) is 6.73. The van der Waals surface area contributed by atoms with Crippen LogP contribution in [0.15, 0.2) is 121 Å². The van der Waals surface area contributed by atoms with Crippen LogP contribution in [0.4, 0.5) is 11.4 Å². The molecular weight excluding hydrogens is 462 g/mol. The third-order valence-corrected chi connectivity index (χ3v) is 6.74. The predicted octanol–water partition coefficient (Wildman–Crippen LogP) is 7.38. The van der Waals surface area contributed by atoms with Crippen LogP contribution in [-0.2, 0) is 0 Å². The van der Waals surface area contributed by atoms with Crippen molar-refractivity contribution in [2.45, 2.75) is 19.9 Å². The lowest BCUT2D eigenvalue weighted by molar-refractivity contribution is 0.779. The Kier molecular flexibility index (Phi) is 7.92. The van der Waals surface area contributed by atoms with Crippen LogP contribution in [0.1, 0.15) is 36.1 Å². The Balaban J connectivity index is 1.36. The molecule has 38 heavy (non-hydrogen) atoms. The third-order valence-electron chi connectivity index (χ3n) is 6.74. The molecule has 1 aliphatic heterocycles. The molecule has 0 spiro atoms. The largest absolute Gasteiger partial charge is 0.372 e. The smallest absolute Gasteiger partial charge is 0.0892 e. The van der Waals surface area contributed by atoms with Gasteiger partial charge in [-0.25, -0.2) is 0 Å². The van der Waals surface area contributed by atoms with Crippen molar-refractivity contribution in [3.63, 3.8) is 0 Å². The minimum Gasteiger partial charge on any atom is -0.372 e. The molecule has 0 aliphatic carbocycles. The maximum Gasteiger partial charge on any atom is 0.0892 e. The quantitative estimate of drug-likeness (QED) is 0.270. The number of hydrogen-bond donors (Lipinski definition) is 1. The van der Waals surface area contributed by atoms with E-state index in [-0.39, 0.29) is 6.04 Å². The van der Waals surface area contributed by atoms with Gasteiger partial charge in [-0.2, -0.15) is 0 Å². The highest BCUT2D eigenvalue weighted by molar-refractivity contribution is 5.73. The second-order valence-corrected chi connectivity index (χ2v) is 9.20. The molecular formula is C35H33N3. The minimum absolute atomic E-state index is 0.0763. The zero-order valence-electron chi connectivity index (χ0n) is 22.0. The number of benzene rings is 4. The van der Waals surface area contributed by atoms with Gasteiger partial charge in [-0.05, 0) is 79.6 Å². The molecule has 0 saturated heterocycles. The van der Waals surface area contributed by atoms with Gasteiger partial charge in [-0.1, -0.05) is 84.7 Å². The molecule has 5 rings (SSSR count). The molecule has 4 aromatic carbocycles. The average Bonchev–Trinajstić information content (AvgIpc) is 3.42. The van der Waals surface area contributed by atoms with E-state index in [1.165, 1.54) is 11.3 Å². The molecule has 1 N–H and O–H groups in total. The van der Waals surface area contributed by atoms with E-state index in [4.69, 9.17) is 0 Å². The Morgan fingerprint density at radius 2 is 1.34 bits per heavy atom. The van der Waals surface area contributed by atoms with Crippen LogP contribution >= 0.6 is 0 Å². The summed E-state index contributed by atoms with van der Waals surface area (Å²) in [6.45, 7) is 6.41. The van der Waals surface area contributed by atoms with E-state index in [2.05, 4.69) is 132 Å². The summed E-state index contributed by atoms with van der Waals surface area (Å²) >= 11 is 0.